The van der Waals surface area contributed by atoms with Crippen molar-refractivity contribution in [1.29, 1.82) is 0 Å². The number of pyridine rings is 1. The van der Waals surface area contributed by atoms with E-state index in [-0.39, 0.29) is 5.91 Å². The highest BCUT2D eigenvalue weighted by molar-refractivity contribution is 8.00. The molecule has 1 N–H and O–H groups in total. The van der Waals surface area contributed by atoms with Crippen molar-refractivity contribution >= 4 is 56.6 Å². The molecular weight excluding hydrogens is 464 g/mol. The zero-order valence-corrected chi connectivity index (χ0v) is 20.2. The first-order chi connectivity index (χ1) is 16.7. The fourth-order valence-electron chi connectivity index (χ4n) is 4.41. The fourth-order valence-corrected chi connectivity index (χ4v) is 6.29. The molecule has 0 spiro atoms. The monoisotopic (exact) mass is 486 g/mol. The summed E-state index contributed by atoms with van der Waals surface area (Å²) in [4.78, 5) is 27.6. The van der Waals surface area contributed by atoms with Crippen LogP contribution in [-0.2, 0) is 5.75 Å². The number of nitrogens with zero attached hydrogens (tertiary/aromatic N) is 3. The first-order valence-electron chi connectivity index (χ1n) is 11.1. The second kappa shape index (κ2) is 8.77. The highest BCUT2D eigenvalue weighted by Gasteiger charge is 2.27. The van der Waals surface area contributed by atoms with Gasteiger partial charge in [-0.05, 0) is 37.1 Å². The first-order valence-corrected chi connectivity index (χ1v) is 13.0. The molecule has 0 atom stereocenters. The van der Waals surface area contributed by atoms with E-state index in [2.05, 4.69) is 27.1 Å². The number of carbonyl (C=O) groups excluding carboxylic acids is 1. The summed E-state index contributed by atoms with van der Waals surface area (Å²) < 4.78 is 7.11. The molecule has 1 aliphatic rings. The van der Waals surface area contributed by atoms with Gasteiger partial charge in [0.15, 0.2) is 5.76 Å². The Morgan fingerprint density at radius 1 is 1.24 bits per heavy atom. The number of para-hydroxylation sites is 1. The number of nitrogens with one attached hydrogen (secondary N) is 1. The standard InChI is InChI=1S/C26H22N4O2S2/c1-16-14-33-26(29-16)34-15-21-18-5-2-3-7-22(18)32-23(21)25(31)30-11-8-17(9-12-30)20-13-28-24-19(20)6-4-10-27-24/h2-8,10,13-14H,9,11-12,15H2,1H3,(H,27,28). The SMILES string of the molecule is Cc1csc(SCc2c(C(=O)N3CC=C(c4c[nH]c5ncccc45)CC3)oc3ccccc23)n1. The van der Waals surface area contributed by atoms with Crippen LogP contribution < -0.4 is 0 Å². The second-order valence-corrected chi connectivity index (χ2v) is 10.4. The quantitative estimate of drug-likeness (QED) is 0.295. The average Bonchev–Trinajstić information content (AvgIpc) is 3.59. The number of thiazole rings is 1. The van der Waals surface area contributed by atoms with Crippen LogP contribution in [-0.4, -0.2) is 38.8 Å². The molecule has 1 aromatic carbocycles. The largest absolute Gasteiger partial charge is 0.451 e. The topological polar surface area (TPSA) is 75.0 Å². The van der Waals surface area contributed by atoms with Crippen molar-refractivity contribution in [3.63, 3.8) is 0 Å². The van der Waals surface area contributed by atoms with Crippen LogP contribution in [0.2, 0.25) is 0 Å². The summed E-state index contributed by atoms with van der Waals surface area (Å²) >= 11 is 3.28. The van der Waals surface area contributed by atoms with Crippen molar-refractivity contribution in [2.45, 2.75) is 23.4 Å². The number of aryl methyl sites for hydroxylation is 1. The van der Waals surface area contributed by atoms with Crippen LogP contribution in [0.3, 0.4) is 0 Å². The molecule has 0 fully saturated rings. The summed E-state index contributed by atoms with van der Waals surface area (Å²) in [7, 11) is 0. The highest BCUT2D eigenvalue weighted by atomic mass is 32.2. The third-order valence-corrected chi connectivity index (χ3v) is 8.29. The van der Waals surface area contributed by atoms with Gasteiger partial charge in [0.25, 0.3) is 5.91 Å². The second-order valence-electron chi connectivity index (χ2n) is 8.28. The Labute approximate surface area is 204 Å². The van der Waals surface area contributed by atoms with Gasteiger partial charge in [-0.2, -0.15) is 0 Å². The molecule has 0 aliphatic carbocycles. The fraction of sp³-hybridized carbons (Fsp3) is 0.192. The normalized spacial score (nSPS) is 14.1. The van der Waals surface area contributed by atoms with Crippen molar-refractivity contribution in [2.75, 3.05) is 13.1 Å². The summed E-state index contributed by atoms with van der Waals surface area (Å²) in [5.41, 5.74) is 5.99. The van der Waals surface area contributed by atoms with Gasteiger partial charge in [0, 0.05) is 64.2 Å². The smallest absolute Gasteiger partial charge is 0.290 e. The first kappa shape index (κ1) is 21.2. The molecular formula is C26H22N4O2S2. The van der Waals surface area contributed by atoms with Gasteiger partial charge in [0.1, 0.15) is 15.6 Å². The molecule has 6 rings (SSSR count). The summed E-state index contributed by atoms with van der Waals surface area (Å²) in [6.07, 6.45) is 6.73. The number of aromatic nitrogens is 3. The summed E-state index contributed by atoms with van der Waals surface area (Å²) in [6, 6.07) is 11.9. The van der Waals surface area contributed by atoms with E-state index in [1.54, 1.807) is 29.3 Å². The lowest BCUT2D eigenvalue weighted by atomic mass is 9.99. The van der Waals surface area contributed by atoms with Gasteiger partial charge in [-0.25, -0.2) is 9.97 Å². The number of aromatic amines is 1. The number of H-pyrrole nitrogens is 1. The summed E-state index contributed by atoms with van der Waals surface area (Å²) in [5, 5.41) is 4.15. The predicted molar refractivity (Wildman–Crippen MR) is 137 cm³/mol. The molecule has 5 aromatic rings. The lowest BCUT2D eigenvalue weighted by molar-refractivity contribution is 0.0742. The number of amides is 1. The highest BCUT2D eigenvalue weighted by Crippen LogP contribution is 2.35. The minimum absolute atomic E-state index is 0.0574. The Morgan fingerprint density at radius 2 is 2.12 bits per heavy atom. The Bertz CT molecular complexity index is 1540. The molecule has 0 bridgehead atoms. The third kappa shape index (κ3) is 3.82. The molecule has 8 heteroatoms. The third-order valence-electron chi connectivity index (χ3n) is 6.12. The average molecular weight is 487 g/mol. The molecule has 6 nitrogen and oxygen atoms in total. The Balaban J connectivity index is 1.27. The van der Waals surface area contributed by atoms with E-state index in [1.165, 1.54) is 5.57 Å². The molecule has 170 valence electrons. The zero-order valence-electron chi connectivity index (χ0n) is 18.6. The molecule has 1 amide bonds. The number of rotatable bonds is 5. The lowest BCUT2D eigenvalue weighted by Crippen LogP contribution is -2.34. The Hall–Kier alpha value is -3.36. The number of benzene rings is 1. The van der Waals surface area contributed by atoms with Gasteiger partial charge in [0.05, 0.1) is 0 Å². The minimum Gasteiger partial charge on any atom is -0.451 e. The number of carbonyl (C=O) groups is 1. The number of hydrogen-bond acceptors (Lipinski definition) is 6. The van der Waals surface area contributed by atoms with E-state index < -0.39 is 0 Å². The van der Waals surface area contributed by atoms with Crippen LogP contribution >= 0.6 is 23.1 Å². The molecule has 5 heterocycles. The van der Waals surface area contributed by atoms with Crippen LogP contribution in [0.5, 0.6) is 0 Å². The Morgan fingerprint density at radius 3 is 2.94 bits per heavy atom. The van der Waals surface area contributed by atoms with E-state index >= 15 is 0 Å². The van der Waals surface area contributed by atoms with E-state index in [1.807, 2.05) is 53.7 Å². The van der Waals surface area contributed by atoms with Gasteiger partial charge in [-0.1, -0.05) is 36.0 Å². The molecule has 0 saturated carbocycles. The van der Waals surface area contributed by atoms with Gasteiger partial charge < -0.3 is 14.3 Å². The maximum atomic E-state index is 13.6. The molecule has 0 unspecified atom stereocenters. The zero-order chi connectivity index (χ0) is 23.1. The summed E-state index contributed by atoms with van der Waals surface area (Å²) in [5.74, 6) is 1.02. The maximum absolute atomic E-state index is 13.6. The molecule has 34 heavy (non-hydrogen) atoms. The Kier molecular flexibility index (Phi) is 5.47. The number of hydrogen-bond donors (Lipinski definition) is 1. The van der Waals surface area contributed by atoms with Crippen LogP contribution in [0.25, 0.3) is 27.6 Å². The van der Waals surface area contributed by atoms with Crippen molar-refractivity contribution in [3.05, 3.63) is 82.8 Å². The minimum atomic E-state index is -0.0574. The van der Waals surface area contributed by atoms with Gasteiger partial charge in [0.2, 0.25) is 0 Å². The maximum Gasteiger partial charge on any atom is 0.290 e. The van der Waals surface area contributed by atoms with Crippen molar-refractivity contribution < 1.29 is 9.21 Å². The van der Waals surface area contributed by atoms with Crippen LogP contribution in [0.1, 0.15) is 33.8 Å². The summed E-state index contributed by atoms with van der Waals surface area (Å²) in [6.45, 7) is 3.19. The predicted octanol–water partition coefficient (Wildman–Crippen LogP) is 6.30. The van der Waals surface area contributed by atoms with Gasteiger partial charge in [-0.3, -0.25) is 4.79 Å². The van der Waals surface area contributed by atoms with Crippen LogP contribution in [0.4, 0.5) is 0 Å². The van der Waals surface area contributed by atoms with Gasteiger partial charge >= 0.3 is 0 Å². The number of thioether (sulfide) groups is 1. The van der Waals surface area contributed by atoms with E-state index in [9.17, 15) is 4.79 Å². The lowest BCUT2D eigenvalue weighted by Gasteiger charge is -2.26. The molecule has 4 aromatic heterocycles. The van der Waals surface area contributed by atoms with E-state index in [4.69, 9.17) is 4.42 Å². The molecule has 0 saturated heterocycles. The number of furan rings is 1. The molecule has 0 radical (unpaired) electrons. The van der Waals surface area contributed by atoms with E-state index in [0.717, 1.165) is 49.6 Å². The van der Waals surface area contributed by atoms with Crippen LogP contribution in [0, 0.1) is 6.92 Å². The number of fused-ring (bicyclic) bond motifs is 2. The van der Waals surface area contributed by atoms with Crippen molar-refractivity contribution in [2.24, 2.45) is 0 Å². The molecule has 1 aliphatic heterocycles. The van der Waals surface area contributed by atoms with E-state index in [0.29, 0.717) is 24.6 Å². The van der Waals surface area contributed by atoms with Crippen molar-refractivity contribution in [1.82, 2.24) is 19.9 Å². The van der Waals surface area contributed by atoms with Crippen molar-refractivity contribution in [3.8, 4) is 0 Å². The van der Waals surface area contributed by atoms with Gasteiger partial charge in [-0.15, -0.1) is 11.3 Å². The van der Waals surface area contributed by atoms with Crippen LogP contribution in [0.15, 0.2) is 69.0 Å².